The molecule has 0 radical (unpaired) electrons. The van der Waals surface area contributed by atoms with Crippen LogP contribution in [-0.2, 0) is 4.79 Å². The number of nitrogens with one attached hydrogen (secondary N) is 3. The van der Waals surface area contributed by atoms with Crippen LogP contribution >= 0.6 is 11.6 Å². The van der Waals surface area contributed by atoms with Crippen molar-refractivity contribution < 1.29 is 9.18 Å². The highest BCUT2D eigenvalue weighted by atomic mass is 35.5. The van der Waals surface area contributed by atoms with E-state index in [9.17, 15) is 9.18 Å². The first-order valence-corrected chi connectivity index (χ1v) is 16.3. The van der Waals surface area contributed by atoms with E-state index in [1.54, 1.807) is 0 Å². The summed E-state index contributed by atoms with van der Waals surface area (Å²) in [7, 11) is 0. The number of hydrogen-bond donors (Lipinski definition) is 5. The van der Waals surface area contributed by atoms with Crippen molar-refractivity contribution in [2.24, 2.45) is 22.8 Å². The largest absolute Gasteiger partial charge is 0.350 e. The minimum atomic E-state index is -0.734. The Morgan fingerprint density at radius 2 is 1.72 bits per heavy atom. The first kappa shape index (κ1) is 29.9. The van der Waals surface area contributed by atoms with Gasteiger partial charge in [0.2, 0.25) is 5.91 Å². The lowest BCUT2D eigenvalue weighted by atomic mass is 9.65. The molecule has 39 heavy (non-hydrogen) atoms. The SMILES string of the molecule is NC(N)C(C(=O)NC1CNCCC1N1CCC(N2CC[C@@H](F)C2)CC1)C1CC2(CCCCC2)CCC(Cl)CN1. The maximum absolute atomic E-state index is 14.0. The van der Waals surface area contributed by atoms with Gasteiger partial charge in [-0.05, 0) is 69.7 Å². The molecule has 224 valence electrons. The zero-order valence-corrected chi connectivity index (χ0v) is 24.5. The molecule has 1 saturated carbocycles. The maximum Gasteiger partial charge on any atom is 0.227 e. The van der Waals surface area contributed by atoms with Crippen molar-refractivity contribution in [1.82, 2.24) is 25.8 Å². The van der Waals surface area contributed by atoms with Gasteiger partial charge in [0.1, 0.15) is 6.17 Å². The van der Waals surface area contributed by atoms with Crippen LogP contribution in [0.2, 0.25) is 0 Å². The van der Waals surface area contributed by atoms with E-state index >= 15 is 0 Å². The summed E-state index contributed by atoms with van der Waals surface area (Å²) in [5, 5.41) is 10.6. The predicted molar refractivity (Wildman–Crippen MR) is 155 cm³/mol. The molecule has 0 aromatic rings. The van der Waals surface area contributed by atoms with Crippen LogP contribution in [0.4, 0.5) is 4.39 Å². The fourth-order valence-corrected chi connectivity index (χ4v) is 8.68. The first-order valence-electron chi connectivity index (χ1n) is 15.9. The van der Waals surface area contributed by atoms with Gasteiger partial charge in [-0.25, -0.2) is 4.39 Å². The quantitative estimate of drug-likeness (QED) is 0.245. The number of carbonyl (C=O) groups is 1. The zero-order valence-electron chi connectivity index (χ0n) is 23.8. The molecule has 10 heteroatoms. The predicted octanol–water partition coefficient (Wildman–Crippen LogP) is 1.90. The van der Waals surface area contributed by atoms with Crippen LogP contribution in [0.25, 0.3) is 0 Å². The average Bonchev–Trinajstić information content (AvgIpc) is 3.37. The van der Waals surface area contributed by atoms with Crippen LogP contribution < -0.4 is 27.4 Å². The van der Waals surface area contributed by atoms with Gasteiger partial charge in [0.15, 0.2) is 0 Å². The molecule has 8 nitrogen and oxygen atoms in total. The Morgan fingerprint density at radius 3 is 2.41 bits per heavy atom. The van der Waals surface area contributed by atoms with E-state index in [1.165, 1.54) is 32.1 Å². The van der Waals surface area contributed by atoms with Crippen molar-refractivity contribution in [1.29, 1.82) is 0 Å². The Labute approximate surface area is 239 Å². The molecule has 5 unspecified atom stereocenters. The summed E-state index contributed by atoms with van der Waals surface area (Å²) in [6, 6.07) is 0.722. The number of carbonyl (C=O) groups excluding carboxylic acids is 1. The number of halogens is 2. The van der Waals surface area contributed by atoms with Crippen LogP contribution in [0.5, 0.6) is 0 Å². The molecule has 5 aliphatic rings. The topological polar surface area (TPSA) is 112 Å². The molecule has 4 aliphatic heterocycles. The molecular weight excluding hydrogens is 517 g/mol. The van der Waals surface area contributed by atoms with E-state index in [4.69, 9.17) is 23.1 Å². The number of nitrogens with two attached hydrogens (primary N) is 2. The lowest BCUT2D eigenvalue weighted by Gasteiger charge is -2.46. The number of hydrogen-bond acceptors (Lipinski definition) is 7. The van der Waals surface area contributed by atoms with Gasteiger partial charge in [-0.15, -0.1) is 11.6 Å². The monoisotopic (exact) mass is 569 g/mol. The van der Waals surface area contributed by atoms with E-state index in [0.29, 0.717) is 31.6 Å². The van der Waals surface area contributed by atoms with Crippen LogP contribution in [-0.4, -0.2) is 103 Å². The van der Waals surface area contributed by atoms with Gasteiger partial charge in [-0.1, -0.05) is 19.3 Å². The second-order valence-corrected chi connectivity index (χ2v) is 14.0. The molecule has 0 aromatic carbocycles. The van der Waals surface area contributed by atoms with E-state index < -0.39 is 18.3 Å². The van der Waals surface area contributed by atoms with Gasteiger partial charge in [-0.2, -0.15) is 0 Å². The molecule has 1 spiro atoms. The first-order chi connectivity index (χ1) is 18.8. The van der Waals surface area contributed by atoms with Crippen molar-refractivity contribution >= 4 is 17.5 Å². The van der Waals surface area contributed by atoms with Gasteiger partial charge in [0.05, 0.1) is 18.1 Å². The summed E-state index contributed by atoms with van der Waals surface area (Å²) in [5.74, 6) is -0.525. The van der Waals surface area contributed by atoms with Crippen molar-refractivity contribution in [3.05, 3.63) is 0 Å². The number of piperidine rings is 2. The Balaban J connectivity index is 1.23. The highest BCUT2D eigenvalue weighted by Crippen LogP contribution is 2.46. The van der Waals surface area contributed by atoms with Crippen LogP contribution in [0.15, 0.2) is 0 Å². The minimum Gasteiger partial charge on any atom is -0.350 e. The van der Waals surface area contributed by atoms with Gasteiger partial charge in [0, 0.05) is 62.8 Å². The minimum absolute atomic E-state index is 0.0176. The molecular formula is C29H53ClFN7O. The molecule has 5 fully saturated rings. The number of nitrogens with zero attached hydrogens (tertiary/aromatic N) is 2. The second kappa shape index (κ2) is 13.6. The lowest BCUT2D eigenvalue weighted by Crippen LogP contribution is -2.65. The van der Waals surface area contributed by atoms with Crippen LogP contribution in [0.3, 0.4) is 0 Å². The van der Waals surface area contributed by atoms with E-state index in [0.717, 1.165) is 71.2 Å². The highest BCUT2D eigenvalue weighted by molar-refractivity contribution is 6.20. The summed E-state index contributed by atoms with van der Waals surface area (Å²) in [6.07, 6.45) is 11.7. The van der Waals surface area contributed by atoms with Crippen molar-refractivity contribution in [2.75, 3.05) is 45.8 Å². The van der Waals surface area contributed by atoms with E-state index in [-0.39, 0.29) is 28.8 Å². The Kier molecular flexibility index (Phi) is 10.4. The number of alkyl halides is 2. The Hall–Kier alpha value is -0.550. The standard InChI is InChI=1S/C29H53ClFN7O/c30-20-4-11-29(9-2-1-3-10-29)16-23(35-17-20)26(27(32)33)28(39)36-24-18-34-12-5-25(24)37-14-7-22(8-15-37)38-13-6-21(31)19-38/h20-27,34-35H,1-19,32-33H2,(H,36,39)/t20?,21-,23?,24?,25?,26?/m1/s1. The normalized spacial score (nSPS) is 36.5. The third kappa shape index (κ3) is 7.46. The Morgan fingerprint density at radius 1 is 0.974 bits per heavy atom. The van der Waals surface area contributed by atoms with Crippen molar-refractivity contribution in [3.63, 3.8) is 0 Å². The molecule has 1 amide bonds. The molecule has 7 N–H and O–H groups in total. The van der Waals surface area contributed by atoms with E-state index in [2.05, 4.69) is 25.8 Å². The molecule has 0 aromatic heterocycles. The van der Waals surface area contributed by atoms with Crippen molar-refractivity contribution in [3.8, 4) is 0 Å². The van der Waals surface area contributed by atoms with Gasteiger partial charge < -0.3 is 27.4 Å². The molecule has 6 atom stereocenters. The zero-order chi connectivity index (χ0) is 27.4. The van der Waals surface area contributed by atoms with E-state index in [1.807, 2.05) is 0 Å². The fraction of sp³-hybridized carbons (Fsp3) is 0.966. The summed E-state index contributed by atoms with van der Waals surface area (Å²) in [5.41, 5.74) is 13.0. The van der Waals surface area contributed by atoms with Gasteiger partial charge in [-0.3, -0.25) is 14.6 Å². The third-order valence-corrected chi connectivity index (χ3v) is 11.1. The number of amides is 1. The molecule has 4 saturated heterocycles. The number of likely N-dealkylation sites (tertiary alicyclic amines) is 2. The third-order valence-electron chi connectivity index (χ3n) is 10.7. The van der Waals surface area contributed by atoms with Crippen molar-refractivity contribution in [2.45, 2.75) is 119 Å². The maximum atomic E-state index is 14.0. The number of rotatable bonds is 6. The molecule has 0 bridgehead atoms. The Bertz CT molecular complexity index is 792. The van der Waals surface area contributed by atoms with Gasteiger partial charge >= 0.3 is 0 Å². The summed E-state index contributed by atoms with van der Waals surface area (Å²) < 4.78 is 13.8. The smallest absolute Gasteiger partial charge is 0.227 e. The summed E-state index contributed by atoms with van der Waals surface area (Å²) >= 11 is 6.68. The molecule has 1 aliphatic carbocycles. The lowest BCUT2D eigenvalue weighted by molar-refractivity contribution is -0.128. The highest BCUT2D eigenvalue weighted by Gasteiger charge is 2.43. The summed E-state index contributed by atoms with van der Waals surface area (Å²) in [6.45, 7) is 5.87. The fourth-order valence-electron chi connectivity index (χ4n) is 8.49. The molecule has 5 rings (SSSR count). The van der Waals surface area contributed by atoms with Crippen LogP contribution in [0, 0.1) is 11.3 Å². The van der Waals surface area contributed by atoms with Gasteiger partial charge in [0.25, 0.3) is 0 Å². The van der Waals surface area contributed by atoms with Crippen LogP contribution in [0.1, 0.15) is 77.0 Å². The summed E-state index contributed by atoms with van der Waals surface area (Å²) in [4.78, 5) is 18.9. The second-order valence-electron chi connectivity index (χ2n) is 13.3. The average molecular weight is 570 g/mol. The molecule has 4 heterocycles.